The molecule has 78 valence electrons. The molecule has 0 aliphatic carbocycles. The number of rotatable bonds is 7. The molecule has 0 spiro atoms. The van der Waals surface area contributed by atoms with Gasteiger partial charge in [-0.3, -0.25) is 0 Å². The van der Waals surface area contributed by atoms with E-state index in [1.807, 2.05) is 0 Å². The average Bonchev–Trinajstić information content (AvgIpc) is 2.25. The van der Waals surface area contributed by atoms with Gasteiger partial charge in [0.1, 0.15) is 0 Å². The van der Waals surface area contributed by atoms with Crippen LogP contribution in [0.25, 0.3) is 0 Å². The zero-order chi connectivity index (χ0) is 10.1. The second-order valence-electron chi connectivity index (χ2n) is 3.30. The van der Waals surface area contributed by atoms with E-state index in [4.69, 9.17) is 0 Å². The first-order valence-electron chi connectivity index (χ1n) is 5.30. The fraction of sp³-hybridized carbons (Fsp3) is 0.500. The number of nitrogens with one attached hydrogen (secondary N) is 1. The standard InChI is InChI=1S/C12H19NSe/c1-2-3-7-10-14-11-13-12-8-5-4-6-9-12/h4-6,8-9,13H,2-3,7,10-11H2,1H3. The molecule has 1 rings (SSSR count). The number of hydrogen-bond donors (Lipinski definition) is 1. The number of benzene rings is 1. The normalized spacial score (nSPS) is 10.1. The third-order valence-corrected chi connectivity index (χ3v) is 3.99. The van der Waals surface area contributed by atoms with Gasteiger partial charge in [0.2, 0.25) is 0 Å². The van der Waals surface area contributed by atoms with Crippen molar-refractivity contribution >= 4 is 20.6 Å². The first-order chi connectivity index (χ1) is 6.93. The molecule has 0 amide bonds. The zero-order valence-corrected chi connectivity index (χ0v) is 10.5. The Morgan fingerprint density at radius 3 is 2.64 bits per heavy atom. The summed E-state index contributed by atoms with van der Waals surface area (Å²) in [6.45, 7) is 2.26. The Morgan fingerprint density at radius 2 is 1.93 bits per heavy atom. The second kappa shape index (κ2) is 7.90. The predicted molar refractivity (Wildman–Crippen MR) is 65.0 cm³/mol. The van der Waals surface area contributed by atoms with Crippen LogP contribution in [0.2, 0.25) is 5.32 Å². The molecular weight excluding hydrogens is 237 g/mol. The topological polar surface area (TPSA) is 12.0 Å². The van der Waals surface area contributed by atoms with Gasteiger partial charge in [-0.2, -0.15) is 0 Å². The monoisotopic (exact) mass is 257 g/mol. The van der Waals surface area contributed by atoms with Gasteiger partial charge in [0.05, 0.1) is 0 Å². The molecule has 0 saturated heterocycles. The Morgan fingerprint density at radius 1 is 1.14 bits per heavy atom. The summed E-state index contributed by atoms with van der Waals surface area (Å²) in [4.78, 5) is 0. The van der Waals surface area contributed by atoms with Crippen molar-refractivity contribution in [2.45, 2.75) is 31.5 Å². The minimum absolute atomic E-state index is 0.769. The zero-order valence-electron chi connectivity index (χ0n) is 8.83. The van der Waals surface area contributed by atoms with Crippen molar-refractivity contribution in [1.29, 1.82) is 0 Å². The molecule has 0 radical (unpaired) electrons. The molecule has 14 heavy (non-hydrogen) atoms. The summed E-state index contributed by atoms with van der Waals surface area (Å²) in [5.74, 6) is 0. The molecule has 0 atom stereocenters. The number of hydrogen-bond acceptors (Lipinski definition) is 1. The van der Waals surface area contributed by atoms with Gasteiger partial charge in [0.25, 0.3) is 0 Å². The van der Waals surface area contributed by atoms with Crippen LogP contribution >= 0.6 is 0 Å². The van der Waals surface area contributed by atoms with E-state index in [-0.39, 0.29) is 0 Å². The number of para-hydroxylation sites is 1. The van der Waals surface area contributed by atoms with Crippen LogP contribution in [0, 0.1) is 0 Å². The van der Waals surface area contributed by atoms with E-state index < -0.39 is 0 Å². The molecule has 1 aromatic carbocycles. The van der Waals surface area contributed by atoms with E-state index in [1.54, 1.807) is 0 Å². The van der Waals surface area contributed by atoms with Crippen molar-refractivity contribution in [2.24, 2.45) is 0 Å². The van der Waals surface area contributed by atoms with Gasteiger partial charge in [-0.1, -0.05) is 0 Å². The molecule has 0 saturated carbocycles. The summed E-state index contributed by atoms with van der Waals surface area (Å²) in [7, 11) is 0. The van der Waals surface area contributed by atoms with Gasteiger partial charge in [0, 0.05) is 0 Å². The molecule has 1 N–H and O–H groups in total. The molecule has 0 unspecified atom stereocenters. The van der Waals surface area contributed by atoms with Crippen LogP contribution < -0.4 is 5.32 Å². The number of anilines is 1. The number of unbranched alkanes of at least 4 members (excludes halogenated alkanes) is 2. The Bertz CT molecular complexity index is 223. The van der Waals surface area contributed by atoms with Crippen molar-refractivity contribution in [3.63, 3.8) is 0 Å². The summed E-state index contributed by atoms with van der Waals surface area (Å²) in [6, 6.07) is 10.5. The van der Waals surface area contributed by atoms with Crippen molar-refractivity contribution in [2.75, 3.05) is 10.8 Å². The second-order valence-corrected chi connectivity index (χ2v) is 5.62. The van der Waals surface area contributed by atoms with Crippen LogP contribution in [0.1, 0.15) is 26.2 Å². The van der Waals surface area contributed by atoms with Gasteiger partial charge in [0.15, 0.2) is 0 Å². The first-order valence-corrected chi connectivity index (χ1v) is 7.72. The van der Waals surface area contributed by atoms with E-state index in [2.05, 4.69) is 42.6 Å². The van der Waals surface area contributed by atoms with Gasteiger partial charge >= 0.3 is 93.2 Å². The molecule has 0 aromatic heterocycles. The van der Waals surface area contributed by atoms with E-state index in [0.717, 1.165) is 15.0 Å². The Balaban J connectivity index is 1.99. The molecule has 0 heterocycles. The Labute approximate surface area is 93.5 Å². The summed E-state index contributed by atoms with van der Waals surface area (Å²) < 4.78 is 0. The van der Waals surface area contributed by atoms with E-state index in [1.165, 1.54) is 35.7 Å². The van der Waals surface area contributed by atoms with Gasteiger partial charge in [-0.25, -0.2) is 0 Å². The predicted octanol–water partition coefficient (Wildman–Crippen LogP) is 3.37. The molecule has 0 aliphatic rings. The van der Waals surface area contributed by atoms with Crippen LogP contribution in [0.4, 0.5) is 5.69 Å². The van der Waals surface area contributed by atoms with Crippen LogP contribution in [0.5, 0.6) is 0 Å². The van der Waals surface area contributed by atoms with Crippen LogP contribution in [0.15, 0.2) is 30.3 Å². The first kappa shape index (κ1) is 11.6. The van der Waals surface area contributed by atoms with Gasteiger partial charge in [-0.15, -0.1) is 0 Å². The summed E-state index contributed by atoms with van der Waals surface area (Å²) >= 11 is 0.769. The summed E-state index contributed by atoms with van der Waals surface area (Å²) in [5, 5.41) is 4.87. The molecule has 0 bridgehead atoms. The van der Waals surface area contributed by atoms with Crippen molar-refractivity contribution in [3.8, 4) is 0 Å². The Hall–Kier alpha value is -0.461. The molecule has 1 aromatic rings. The van der Waals surface area contributed by atoms with Crippen LogP contribution in [0.3, 0.4) is 0 Å². The van der Waals surface area contributed by atoms with Gasteiger partial charge in [-0.05, 0) is 0 Å². The van der Waals surface area contributed by atoms with Crippen molar-refractivity contribution in [1.82, 2.24) is 0 Å². The average molecular weight is 256 g/mol. The van der Waals surface area contributed by atoms with Crippen molar-refractivity contribution in [3.05, 3.63) is 30.3 Å². The third-order valence-electron chi connectivity index (χ3n) is 2.04. The third kappa shape index (κ3) is 5.31. The maximum absolute atomic E-state index is 3.45. The summed E-state index contributed by atoms with van der Waals surface area (Å²) in [5.41, 5.74) is 2.42. The SMILES string of the molecule is CCCCC[Se]CNc1ccccc1. The Kier molecular flexibility index (Phi) is 6.55. The fourth-order valence-corrected chi connectivity index (χ4v) is 2.94. The fourth-order valence-electron chi connectivity index (χ4n) is 1.22. The van der Waals surface area contributed by atoms with E-state index in [9.17, 15) is 0 Å². The van der Waals surface area contributed by atoms with E-state index >= 15 is 0 Å². The molecule has 0 fully saturated rings. The maximum atomic E-state index is 3.45. The van der Waals surface area contributed by atoms with E-state index in [0.29, 0.717) is 0 Å². The molecule has 2 heteroatoms. The minimum atomic E-state index is 0.769. The van der Waals surface area contributed by atoms with Gasteiger partial charge < -0.3 is 0 Å². The molecule has 0 aliphatic heterocycles. The van der Waals surface area contributed by atoms with Crippen LogP contribution in [-0.2, 0) is 0 Å². The molecular formula is C12H19NSe. The van der Waals surface area contributed by atoms with Crippen LogP contribution in [-0.4, -0.2) is 20.4 Å². The molecule has 1 nitrogen and oxygen atoms in total. The quantitative estimate of drug-likeness (QED) is 0.582. The summed E-state index contributed by atoms with van der Waals surface area (Å²) in [6.07, 6.45) is 4.14. The van der Waals surface area contributed by atoms with Crippen molar-refractivity contribution < 1.29 is 0 Å².